The molecule has 0 aromatic heterocycles. The second-order valence-corrected chi connectivity index (χ2v) is 11.6. The third-order valence-electron chi connectivity index (χ3n) is 4.97. The van der Waals surface area contributed by atoms with E-state index < -0.39 is 0 Å². The van der Waals surface area contributed by atoms with Crippen LogP contribution in [-0.2, 0) is 0 Å². The van der Waals surface area contributed by atoms with Gasteiger partial charge in [-0.05, 0) is 53.5 Å². The van der Waals surface area contributed by atoms with E-state index in [-0.39, 0.29) is 15.8 Å². The highest BCUT2D eigenvalue weighted by atomic mass is 31.1. The van der Waals surface area contributed by atoms with Gasteiger partial charge in [0.1, 0.15) is 0 Å². The van der Waals surface area contributed by atoms with E-state index in [0.29, 0.717) is 11.6 Å². The Morgan fingerprint density at radius 2 is 1.75 bits per heavy atom. The molecule has 2 aliphatic heterocycles. The minimum Gasteiger partial charge on any atom is -0.198 e. The third-order valence-corrected chi connectivity index (χ3v) is 11.4. The molecule has 5 atom stereocenters. The Hall–Kier alpha value is -0.430. The summed E-state index contributed by atoms with van der Waals surface area (Å²) >= 11 is 0. The molecule has 0 saturated carbocycles. The van der Waals surface area contributed by atoms with Crippen molar-refractivity contribution in [2.24, 2.45) is 5.92 Å². The van der Waals surface area contributed by atoms with Gasteiger partial charge in [0.05, 0.1) is 12.0 Å². The van der Waals surface area contributed by atoms with Crippen LogP contribution in [0.4, 0.5) is 0 Å². The maximum Gasteiger partial charge on any atom is 0.0662 e. The predicted octanol–water partition coefficient (Wildman–Crippen LogP) is 4.02. The Morgan fingerprint density at radius 1 is 1.05 bits per heavy atom. The first-order valence-corrected chi connectivity index (χ1v) is 10.9. The van der Waals surface area contributed by atoms with Crippen LogP contribution in [0.25, 0.3) is 0 Å². The molecule has 2 heterocycles. The van der Waals surface area contributed by atoms with E-state index in [1.165, 1.54) is 25.2 Å². The van der Waals surface area contributed by atoms with Crippen LogP contribution in [0, 0.1) is 17.2 Å². The minimum absolute atomic E-state index is 0.0574. The number of rotatable bonds is 2. The van der Waals surface area contributed by atoms with Gasteiger partial charge in [-0.15, -0.1) is 0 Å². The second kappa shape index (κ2) is 6.13. The first-order chi connectivity index (χ1) is 9.72. The molecule has 5 unspecified atom stereocenters. The summed E-state index contributed by atoms with van der Waals surface area (Å²) in [5.41, 5.74) is 1.48. The lowest BCUT2D eigenvalue weighted by Gasteiger charge is -2.26. The molecule has 3 heteroatoms. The predicted molar refractivity (Wildman–Crippen MR) is 91.2 cm³/mol. The monoisotopic (exact) mass is 303 g/mol. The first kappa shape index (κ1) is 14.5. The molecule has 2 saturated heterocycles. The molecule has 0 radical (unpaired) electrons. The fourth-order valence-corrected chi connectivity index (χ4v) is 10.2. The van der Waals surface area contributed by atoms with Crippen molar-refractivity contribution in [3.05, 3.63) is 24.3 Å². The molecule has 0 aliphatic carbocycles. The lowest BCUT2D eigenvalue weighted by Crippen LogP contribution is -2.26. The molecule has 0 bridgehead atoms. The quantitative estimate of drug-likeness (QED) is 0.757. The summed E-state index contributed by atoms with van der Waals surface area (Å²) in [6.45, 7) is 4.76. The normalized spacial score (nSPS) is 37.0. The van der Waals surface area contributed by atoms with Crippen LogP contribution < -0.4 is 10.6 Å². The third kappa shape index (κ3) is 2.54. The van der Waals surface area contributed by atoms with Crippen molar-refractivity contribution in [1.29, 1.82) is 5.26 Å². The molecule has 0 spiro atoms. The summed E-state index contributed by atoms with van der Waals surface area (Å²) in [5, 5.41) is 12.6. The summed E-state index contributed by atoms with van der Waals surface area (Å²) in [7, 11) is -0.0515. The number of hydrogen-bond acceptors (Lipinski definition) is 1. The zero-order valence-corrected chi connectivity index (χ0v) is 14.2. The van der Waals surface area contributed by atoms with E-state index >= 15 is 0 Å². The van der Waals surface area contributed by atoms with Crippen molar-refractivity contribution in [2.75, 3.05) is 12.3 Å². The highest BCUT2D eigenvalue weighted by Gasteiger charge is 2.36. The van der Waals surface area contributed by atoms with Crippen LogP contribution in [0.5, 0.6) is 0 Å². The average molecular weight is 303 g/mol. The summed E-state index contributed by atoms with van der Waals surface area (Å²) in [5.74, 6) is 0.294. The number of hydrogen-bond donors (Lipinski definition) is 0. The summed E-state index contributed by atoms with van der Waals surface area (Å²) in [4.78, 5) is 0. The molecule has 1 aromatic carbocycles. The zero-order valence-electron chi connectivity index (χ0n) is 12.4. The molecule has 1 nitrogen and oxygen atoms in total. The van der Waals surface area contributed by atoms with Crippen molar-refractivity contribution in [3.8, 4) is 6.07 Å². The smallest absolute Gasteiger partial charge is 0.0662 e. The van der Waals surface area contributed by atoms with E-state index in [1.54, 1.807) is 10.6 Å². The highest BCUT2D eigenvalue weighted by molar-refractivity contribution is 7.72. The topological polar surface area (TPSA) is 23.8 Å². The van der Waals surface area contributed by atoms with Crippen molar-refractivity contribution in [2.45, 2.75) is 44.4 Å². The largest absolute Gasteiger partial charge is 0.198 e. The van der Waals surface area contributed by atoms with Crippen LogP contribution in [0.1, 0.15) is 33.1 Å². The summed E-state index contributed by atoms with van der Waals surface area (Å²) < 4.78 is 0. The molecule has 20 heavy (non-hydrogen) atoms. The first-order valence-electron chi connectivity index (χ1n) is 7.74. The van der Waals surface area contributed by atoms with E-state index in [9.17, 15) is 5.26 Å². The Bertz CT molecular complexity index is 522. The van der Waals surface area contributed by atoms with Crippen molar-refractivity contribution < 1.29 is 0 Å². The maximum absolute atomic E-state index is 9.29. The lowest BCUT2D eigenvalue weighted by atomic mass is 10.1. The second-order valence-electron chi connectivity index (χ2n) is 6.13. The number of nitriles is 1. The summed E-state index contributed by atoms with van der Waals surface area (Å²) in [6.07, 6.45) is 6.63. The molecule has 2 fully saturated rings. The molecule has 1 aromatic rings. The fourth-order valence-electron chi connectivity index (χ4n) is 3.69. The molecular formula is C17H23NP2. The van der Waals surface area contributed by atoms with Crippen LogP contribution in [0.3, 0.4) is 0 Å². The van der Waals surface area contributed by atoms with E-state index in [4.69, 9.17) is 0 Å². The zero-order chi connectivity index (χ0) is 14.1. The van der Waals surface area contributed by atoms with Crippen LogP contribution in [0.15, 0.2) is 24.3 Å². The van der Waals surface area contributed by atoms with Gasteiger partial charge in [-0.3, -0.25) is 0 Å². The van der Waals surface area contributed by atoms with Gasteiger partial charge in [-0.25, -0.2) is 0 Å². The molecule has 0 N–H and O–H groups in total. The van der Waals surface area contributed by atoms with E-state index in [1.807, 2.05) is 0 Å². The molecule has 0 amide bonds. The van der Waals surface area contributed by atoms with Gasteiger partial charge < -0.3 is 0 Å². The maximum atomic E-state index is 9.29. The van der Waals surface area contributed by atoms with Crippen LogP contribution >= 0.6 is 15.8 Å². The van der Waals surface area contributed by atoms with Gasteiger partial charge in [-0.1, -0.05) is 54.0 Å². The molecule has 3 rings (SSSR count). The summed E-state index contributed by atoms with van der Waals surface area (Å²) in [6, 6.07) is 11.8. The van der Waals surface area contributed by atoms with Gasteiger partial charge in [0.2, 0.25) is 0 Å². The fraction of sp³-hybridized carbons (Fsp3) is 0.588. The molecular weight excluding hydrogens is 280 g/mol. The van der Waals surface area contributed by atoms with Crippen molar-refractivity contribution in [1.82, 2.24) is 0 Å². The van der Waals surface area contributed by atoms with Crippen LogP contribution in [-0.4, -0.2) is 23.6 Å². The van der Waals surface area contributed by atoms with Crippen molar-refractivity contribution >= 4 is 26.5 Å². The highest BCUT2D eigenvalue weighted by Crippen LogP contribution is 2.54. The number of nitrogens with zero attached hydrogens (tertiary/aromatic N) is 1. The average Bonchev–Trinajstić information content (AvgIpc) is 3.05. The Labute approximate surface area is 125 Å². The van der Waals surface area contributed by atoms with E-state index in [0.717, 1.165) is 12.1 Å². The van der Waals surface area contributed by atoms with Crippen LogP contribution in [0.2, 0.25) is 0 Å². The number of benzene rings is 1. The Kier molecular flexibility index (Phi) is 4.45. The molecule has 2 aliphatic rings. The SMILES string of the molecule is CC1CCCP1c1ccccc1P1CCC(C#N)C1C. The van der Waals surface area contributed by atoms with Gasteiger partial charge in [0.15, 0.2) is 0 Å². The minimum atomic E-state index is -0.109. The lowest BCUT2D eigenvalue weighted by molar-refractivity contribution is 0.671. The van der Waals surface area contributed by atoms with Gasteiger partial charge in [-0.2, -0.15) is 5.26 Å². The standard InChI is InChI=1S/C17H23NP2/c1-13-6-5-10-19(13)16-7-3-4-8-17(16)20-11-9-15(12-18)14(20)2/h3-4,7-8,13-15H,5-6,9-11H2,1-2H3. The van der Waals surface area contributed by atoms with E-state index in [2.05, 4.69) is 44.2 Å². The Morgan fingerprint density at radius 3 is 2.30 bits per heavy atom. The van der Waals surface area contributed by atoms with Gasteiger partial charge >= 0.3 is 0 Å². The van der Waals surface area contributed by atoms with Gasteiger partial charge in [0, 0.05) is 0 Å². The van der Waals surface area contributed by atoms with Gasteiger partial charge in [0.25, 0.3) is 0 Å². The Balaban J connectivity index is 1.93. The molecule has 106 valence electrons. The van der Waals surface area contributed by atoms with Crippen molar-refractivity contribution in [3.63, 3.8) is 0 Å².